The maximum atomic E-state index is 2.25. The van der Waals surface area contributed by atoms with E-state index in [0.717, 1.165) is 5.92 Å². The molecule has 0 spiro atoms. The second-order valence-electron chi connectivity index (χ2n) is 2.71. The molecule has 8 heavy (non-hydrogen) atoms. The molecule has 0 N–H and O–H groups in total. The highest BCUT2D eigenvalue weighted by atomic mass is 14.3. The molecular weight excluding hydrogens is 96.1 g/mol. The molecule has 0 aromatic rings. The lowest BCUT2D eigenvalue weighted by atomic mass is 10.1. The van der Waals surface area contributed by atoms with Crippen LogP contribution in [0.1, 0.15) is 33.6 Å². The van der Waals surface area contributed by atoms with Gasteiger partial charge in [0.2, 0.25) is 0 Å². The largest absolute Gasteiger partial charge is 0.0666 e. The lowest BCUT2D eigenvalue weighted by Gasteiger charge is -1.90. The molecule has 0 heterocycles. The van der Waals surface area contributed by atoms with Crippen molar-refractivity contribution in [2.24, 2.45) is 5.92 Å². The molecule has 0 bridgehead atoms. The summed E-state index contributed by atoms with van der Waals surface area (Å²) in [6.07, 6.45) is 2.72. The van der Waals surface area contributed by atoms with E-state index in [0.29, 0.717) is 0 Å². The molecule has 0 aliphatic heterocycles. The van der Waals surface area contributed by atoms with Crippen molar-refractivity contribution in [3.05, 3.63) is 11.1 Å². The molecule has 1 rings (SSSR count). The molecule has 0 fully saturated rings. The molecule has 0 radical (unpaired) electrons. The van der Waals surface area contributed by atoms with Crippen LogP contribution in [0, 0.1) is 5.92 Å². The number of hydrogen-bond acceptors (Lipinski definition) is 0. The SMILES string of the molecule is CCCC1C(C)=C1C. The van der Waals surface area contributed by atoms with Crippen LogP contribution in [-0.4, -0.2) is 0 Å². The van der Waals surface area contributed by atoms with Crippen LogP contribution in [0.15, 0.2) is 11.1 Å². The van der Waals surface area contributed by atoms with E-state index in [1.54, 1.807) is 11.1 Å². The highest BCUT2D eigenvalue weighted by Crippen LogP contribution is 2.41. The van der Waals surface area contributed by atoms with Crippen LogP contribution < -0.4 is 0 Å². The predicted molar refractivity (Wildman–Crippen MR) is 36.8 cm³/mol. The van der Waals surface area contributed by atoms with Gasteiger partial charge in [0.25, 0.3) is 0 Å². The van der Waals surface area contributed by atoms with Crippen molar-refractivity contribution in [2.45, 2.75) is 33.6 Å². The summed E-state index contributed by atoms with van der Waals surface area (Å²) in [6, 6.07) is 0. The van der Waals surface area contributed by atoms with Crippen molar-refractivity contribution in [2.75, 3.05) is 0 Å². The maximum Gasteiger partial charge on any atom is 0.000688 e. The molecule has 46 valence electrons. The van der Waals surface area contributed by atoms with Crippen LogP contribution in [0.4, 0.5) is 0 Å². The van der Waals surface area contributed by atoms with Gasteiger partial charge in [0, 0.05) is 5.92 Å². The maximum absolute atomic E-state index is 2.25. The van der Waals surface area contributed by atoms with Crippen molar-refractivity contribution in [1.82, 2.24) is 0 Å². The van der Waals surface area contributed by atoms with Crippen molar-refractivity contribution in [1.29, 1.82) is 0 Å². The zero-order valence-corrected chi connectivity index (χ0v) is 5.99. The van der Waals surface area contributed by atoms with Crippen LogP contribution in [-0.2, 0) is 0 Å². The second kappa shape index (κ2) is 1.93. The summed E-state index contributed by atoms with van der Waals surface area (Å²) in [6.45, 7) is 6.74. The molecule has 1 aliphatic rings. The normalized spacial score (nSPS) is 19.9. The van der Waals surface area contributed by atoms with Crippen molar-refractivity contribution >= 4 is 0 Å². The van der Waals surface area contributed by atoms with E-state index >= 15 is 0 Å². The average molecular weight is 110 g/mol. The molecule has 0 saturated heterocycles. The summed E-state index contributed by atoms with van der Waals surface area (Å²) in [4.78, 5) is 0. The summed E-state index contributed by atoms with van der Waals surface area (Å²) in [7, 11) is 0. The smallest absolute Gasteiger partial charge is 0.000688 e. The van der Waals surface area contributed by atoms with Crippen LogP contribution in [0.25, 0.3) is 0 Å². The quantitative estimate of drug-likeness (QED) is 0.479. The molecule has 0 atom stereocenters. The van der Waals surface area contributed by atoms with Gasteiger partial charge in [-0.2, -0.15) is 0 Å². The van der Waals surface area contributed by atoms with Gasteiger partial charge in [0.1, 0.15) is 0 Å². The fraction of sp³-hybridized carbons (Fsp3) is 0.750. The van der Waals surface area contributed by atoms with Gasteiger partial charge in [0.05, 0.1) is 0 Å². The van der Waals surface area contributed by atoms with Crippen LogP contribution in [0.2, 0.25) is 0 Å². The second-order valence-corrected chi connectivity index (χ2v) is 2.71. The van der Waals surface area contributed by atoms with Crippen LogP contribution >= 0.6 is 0 Å². The van der Waals surface area contributed by atoms with E-state index < -0.39 is 0 Å². The van der Waals surface area contributed by atoms with E-state index in [4.69, 9.17) is 0 Å². The Hall–Kier alpha value is -0.260. The molecule has 0 heteroatoms. The first-order valence-electron chi connectivity index (χ1n) is 3.44. The van der Waals surface area contributed by atoms with Gasteiger partial charge in [-0.25, -0.2) is 0 Å². The van der Waals surface area contributed by atoms with E-state index in [-0.39, 0.29) is 0 Å². The number of rotatable bonds is 2. The third-order valence-corrected chi connectivity index (χ3v) is 2.16. The average Bonchev–Trinajstić information content (AvgIpc) is 2.25. The molecule has 0 saturated carbocycles. The first-order chi connectivity index (χ1) is 3.77. The minimum atomic E-state index is 0.917. The van der Waals surface area contributed by atoms with Gasteiger partial charge >= 0.3 is 0 Å². The fourth-order valence-corrected chi connectivity index (χ4v) is 1.27. The molecule has 0 unspecified atom stereocenters. The molecule has 0 aromatic heterocycles. The number of allylic oxidation sites excluding steroid dienone is 2. The fourth-order valence-electron chi connectivity index (χ4n) is 1.27. The van der Waals surface area contributed by atoms with Crippen LogP contribution in [0.3, 0.4) is 0 Å². The minimum Gasteiger partial charge on any atom is -0.0666 e. The van der Waals surface area contributed by atoms with Crippen molar-refractivity contribution < 1.29 is 0 Å². The Kier molecular flexibility index (Phi) is 1.41. The molecule has 0 aromatic carbocycles. The summed E-state index contributed by atoms with van der Waals surface area (Å²) in [5, 5.41) is 0. The van der Waals surface area contributed by atoms with E-state index in [2.05, 4.69) is 20.8 Å². The lowest BCUT2D eigenvalue weighted by Crippen LogP contribution is -1.77. The van der Waals surface area contributed by atoms with Crippen molar-refractivity contribution in [3.8, 4) is 0 Å². The topological polar surface area (TPSA) is 0 Å². The van der Waals surface area contributed by atoms with Gasteiger partial charge in [-0.15, -0.1) is 0 Å². The molecule has 0 nitrogen and oxygen atoms in total. The minimum absolute atomic E-state index is 0.917. The summed E-state index contributed by atoms with van der Waals surface area (Å²) >= 11 is 0. The van der Waals surface area contributed by atoms with Gasteiger partial charge in [-0.05, 0) is 20.3 Å². The Labute approximate surface area is 51.6 Å². The molecular formula is C8H14. The van der Waals surface area contributed by atoms with Gasteiger partial charge in [-0.1, -0.05) is 24.5 Å². The van der Waals surface area contributed by atoms with Gasteiger partial charge in [-0.3, -0.25) is 0 Å². The van der Waals surface area contributed by atoms with E-state index in [9.17, 15) is 0 Å². The Bertz CT molecular complexity index is 108. The molecule has 1 aliphatic carbocycles. The monoisotopic (exact) mass is 110 g/mol. The Morgan fingerprint density at radius 1 is 1.25 bits per heavy atom. The Morgan fingerprint density at radius 2 is 1.75 bits per heavy atom. The highest BCUT2D eigenvalue weighted by molar-refractivity contribution is 5.36. The van der Waals surface area contributed by atoms with Gasteiger partial charge < -0.3 is 0 Å². The predicted octanol–water partition coefficient (Wildman–Crippen LogP) is 2.75. The zero-order chi connectivity index (χ0) is 6.15. The summed E-state index contributed by atoms with van der Waals surface area (Å²) < 4.78 is 0. The zero-order valence-electron chi connectivity index (χ0n) is 5.99. The molecule has 0 amide bonds. The van der Waals surface area contributed by atoms with E-state index in [1.807, 2.05) is 0 Å². The first-order valence-corrected chi connectivity index (χ1v) is 3.44. The summed E-state index contributed by atoms with van der Waals surface area (Å²) in [5.41, 5.74) is 3.29. The highest BCUT2D eigenvalue weighted by Gasteiger charge is 2.26. The van der Waals surface area contributed by atoms with Crippen LogP contribution in [0.5, 0.6) is 0 Å². The lowest BCUT2D eigenvalue weighted by molar-refractivity contribution is 0.720. The van der Waals surface area contributed by atoms with Gasteiger partial charge in [0.15, 0.2) is 0 Å². The Balaban J connectivity index is 2.21. The van der Waals surface area contributed by atoms with Crippen molar-refractivity contribution in [3.63, 3.8) is 0 Å². The number of hydrogen-bond donors (Lipinski definition) is 0. The van der Waals surface area contributed by atoms with E-state index in [1.165, 1.54) is 12.8 Å². The standard InChI is InChI=1S/C8H14/c1-4-5-8-6(2)7(8)3/h8H,4-5H2,1-3H3. The summed E-state index contributed by atoms with van der Waals surface area (Å²) in [5.74, 6) is 0.917. The first kappa shape index (κ1) is 5.87. The third-order valence-electron chi connectivity index (χ3n) is 2.16. The third kappa shape index (κ3) is 0.795. The Morgan fingerprint density at radius 3 is 1.88 bits per heavy atom.